The number of ether oxygens (including phenoxy) is 1. The van der Waals surface area contributed by atoms with Gasteiger partial charge in [0.15, 0.2) is 0 Å². The Morgan fingerprint density at radius 3 is 3.23 bits per heavy atom. The van der Waals surface area contributed by atoms with Crippen LogP contribution in [0.25, 0.3) is 0 Å². The van der Waals surface area contributed by atoms with Gasteiger partial charge in [0.05, 0.1) is 5.60 Å². The fraction of sp³-hybridized carbons (Fsp3) is 0.600. The van der Waals surface area contributed by atoms with Crippen molar-refractivity contribution in [1.82, 2.24) is 5.32 Å². The lowest BCUT2D eigenvalue weighted by molar-refractivity contribution is -0.00578. The molecule has 1 aliphatic heterocycles. The highest BCUT2D eigenvalue weighted by Gasteiger charge is 2.54. The van der Waals surface area contributed by atoms with Crippen LogP contribution < -0.4 is 5.32 Å². The number of fused-ring (bicyclic) bond motifs is 2. The molecule has 0 amide bonds. The largest absolute Gasteiger partial charge is 0.360 e. The van der Waals surface area contributed by atoms with E-state index >= 15 is 0 Å². The summed E-state index contributed by atoms with van der Waals surface area (Å²) in [6.07, 6.45) is 2.75. The molecule has 0 aromatic carbocycles. The average molecular weight is 195 g/mol. The second kappa shape index (κ2) is 2.56. The summed E-state index contributed by atoms with van der Waals surface area (Å²) in [7, 11) is 1.98. The predicted octanol–water partition coefficient (Wildman–Crippen LogP) is 2.03. The maximum atomic E-state index is 6.06. The normalized spacial score (nSPS) is 27.9. The molecule has 1 aromatic rings. The van der Waals surface area contributed by atoms with Crippen molar-refractivity contribution in [3.63, 3.8) is 0 Å². The molecule has 1 fully saturated rings. The van der Waals surface area contributed by atoms with Crippen molar-refractivity contribution < 1.29 is 4.74 Å². The zero-order valence-corrected chi connectivity index (χ0v) is 8.49. The van der Waals surface area contributed by atoms with Crippen molar-refractivity contribution in [3.8, 4) is 0 Å². The molecule has 2 heterocycles. The van der Waals surface area contributed by atoms with Crippen LogP contribution in [0.5, 0.6) is 0 Å². The highest BCUT2D eigenvalue weighted by Crippen LogP contribution is 2.59. The number of hydrogen-bond donors (Lipinski definition) is 1. The standard InChI is InChI=1S/C10H13NOS/c1-11-6-8-9-7(2-5-13-9)10(12-8)3-4-10/h2,5,8,11H,3-4,6H2,1H3/t8-/m1/s1. The van der Waals surface area contributed by atoms with Gasteiger partial charge in [-0.25, -0.2) is 0 Å². The highest BCUT2D eigenvalue weighted by molar-refractivity contribution is 7.10. The van der Waals surface area contributed by atoms with Crippen LogP contribution >= 0.6 is 11.3 Å². The Morgan fingerprint density at radius 2 is 2.54 bits per heavy atom. The minimum atomic E-state index is 0.150. The summed E-state index contributed by atoms with van der Waals surface area (Å²) < 4.78 is 6.06. The van der Waals surface area contributed by atoms with Gasteiger partial charge in [-0.2, -0.15) is 0 Å². The second-order valence-electron chi connectivity index (χ2n) is 3.86. The van der Waals surface area contributed by atoms with E-state index in [1.54, 1.807) is 0 Å². The van der Waals surface area contributed by atoms with Crippen LogP contribution in [0.2, 0.25) is 0 Å². The van der Waals surface area contributed by atoms with E-state index in [0.717, 1.165) is 6.54 Å². The summed E-state index contributed by atoms with van der Waals surface area (Å²) in [5, 5.41) is 5.38. The summed E-state index contributed by atoms with van der Waals surface area (Å²) in [5.41, 5.74) is 1.62. The zero-order valence-electron chi connectivity index (χ0n) is 7.67. The first-order chi connectivity index (χ1) is 6.36. The molecule has 0 unspecified atom stereocenters. The van der Waals surface area contributed by atoms with Gasteiger partial charge in [-0.1, -0.05) is 0 Å². The summed E-state index contributed by atoms with van der Waals surface area (Å²) in [6, 6.07) is 2.24. The monoisotopic (exact) mass is 195 g/mol. The van der Waals surface area contributed by atoms with Crippen LogP contribution in [0, 0.1) is 0 Å². The fourth-order valence-electron chi connectivity index (χ4n) is 2.16. The Kier molecular flexibility index (Phi) is 1.57. The molecule has 1 aromatic heterocycles. The summed E-state index contributed by atoms with van der Waals surface area (Å²) in [5.74, 6) is 0. The van der Waals surface area contributed by atoms with E-state index in [-0.39, 0.29) is 5.60 Å². The molecule has 0 bridgehead atoms. The van der Waals surface area contributed by atoms with Gasteiger partial charge in [0.2, 0.25) is 0 Å². The zero-order chi connectivity index (χ0) is 8.89. The average Bonchev–Trinajstić information content (AvgIpc) is 2.61. The lowest BCUT2D eigenvalue weighted by Crippen LogP contribution is -2.17. The van der Waals surface area contributed by atoms with E-state index < -0.39 is 0 Å². The van der Waals surface area contributed by atoms with Crippen LogP contribution in [0.1, 0.15) is 29.4 Å². The highest BCUT2D eigenvalue weighted by atomic mass is 32.1. The number of likely N-dealkylation sites (N-methyl/N-ethyl adjacent to an activating group) is 1. The van der Waals surface area contributed by atoms with Gasteiger partial charge in [0.1, 0.15) is 6.10 Å². The third-order valence-corrected chi connectivity index (χ3v) is 3.95. The van der Waals surface area contributed by atoms with Crippen molar-refractivity contribution in [2.45, 2.75) is 24.5 Å². The molecule has 1 saturated carbocycles. The molecule has 3 heteroatoms. The lowest BCUT2D eigenvalue weighted by Gasteiger charge is -2.12. The fourth-order valence-corrected chi connectivity index (χ4v) is 3.17. The third-order valence-electron chi connectivity index (χ3n) is 2.94. The van der Waals surface area contributed by atoms with Crippen molar-refractivity contribution >= 4 is 11.3 Å². The molecule has 70 valence electrons. The summed E-state index contributed by atoms with van der Waals surface area (Å²) >= 11 is 1.84. The van der Waals surface area contributed by atoms with Gasteiger partial charge in [0.25, 0.3) is 0 Å². The van der Waals surface area contributed by atoms with Crippen LogP contribution in [-0.4, -0.2) is 13.6 Å². The first-order valence-corrected chi connectivity index (χ1v) is 5.64. The molecule has 1 atom stereocenters. The topological polar surface area (TPSA) is 21.3 Å². The molecule has 1 aliphatic carbocycles. The smallest absolute Gasteiger partial charge is 0.106 e. The van der Waals surface area contributed by atoms with Crippen molar-refractivity contribution in [1.29, 1.82) is 0 Å². The van der Waals surface area contributed by atoms with Crippen LogP contribution in [-0.2, 0) is 10.3 Å². The Balaban J connectivity index is 1.97. The van der Waals surface area contributed by atoms with Crippen molar-refractivity contribution in [3.05, 3.63) is 21.9 Å². The van der Waals surface area contributed by atoms with Gasteiger partial charge in [0, 0.05) is 17.0 Å². The minimum absolute atomic E-state index is 0.150. The summed E-state index contributed by atoms with van der Waals surface area (Å²) in [4.78, 5) is 1.45. The van der Waals surface area contributed by atoms with E-state index in [1.807, 2.05) is 18.4 Å². The van der Waals surface area contributed by atoms with E-state index in [1.165, 1.54) is 23.3 Å². The van der Waals surface area contributed by atoms with E-state index in [0.29, 0.717) is 6.10 Å². The Labute approximate surface area is 81.9 Å². The van der Waals surface area contributed by atoms with Crippen molar-refractivity contribution in [2.24, 2.45) is 0 Å². The molecular weight excluding hydrogens is 182 g/mol. The Hall–Kier alpha value is -0.380. The lowest BCUT2D eigenvalue weighted by atomic mass is 10.1. The SMILES string of the molecule is CNC[C@H]1OC2(CC2)c2ccsc21. The van der Waals surface area contributed by atoms with Gasteiger partial charge < -0.3 is 10.1 Å². The van der Waals surface area contributed by atoms with Gasteiger partial charge in [-0.15, -0.1) is 11.3 Å². The molecule has 3 rings (SSSR count). The maximum Gasteiger partial charge on any atom is 0.106 e. The van der Waals surface area contributed by atoms with Crippen LogP contribution in [0.3, 0.4) is 0 Å². The molecule has 0 saturated heterocycles. The molecule has 2 nitrogen and oxygen atoms in total. The molecule has 2 aliphatic rings. The van der Waals surface area contributed by atoms with Gasteiger partial charge >= 0.3 is 0 Å². The number of rotatable bonds is 2. The summed E-state index contributed by atoms with van der Waals surface area (Å²) in [6.45, 7) is 0.940. The Bertz CT molecular complexity index is 329. The van der Waals surface area contributed by atoms with E-state index in [2.05, 4.69) is 16.8 Å². The van der Waals surface area contributed by atoms with E-state index in [4.69, 9.17) is 4.74 Å². The van der Waals surface area contributed by atoms with Gasteiger partial charge in [-0.3, -0.25) is 0 Å². The first kappa shape index (κ1) is 7.97. The van der Waals surface area contributed by atoms with Crippen LogP contribution in [0.4, 0.5) is 0 Å². The van der Waals surface area contributed by atoms with E-state index in [9.17, 15) is 0 Å². The maximum absolute atomic E-state index is 6.06. The minimum Gasteiger partial charge on any atom is -0.360 e. The molecule has 1 N–H and O–H groups in total. The third kappa shape index (κ3) is 1.01. The quantitative estimate of drug-likeness (QED) is 0.779. The first-order valence-electron chi connectivity index (χ1n) is 4.76. The number of hydrogen-bond acceptors (Lipinski definition) is 3. The number of nitrogens with one attached hydrogen (secondary N) is 1. The molecule has 0 radical (unpaired) electrons. The van der Waals surface area contributed by atoms with Crippen LogP contribution in [0.15, 0.2) is 11.4 Å². The molecular formula is C10H13NOS. The predicted molar refractivity (Wildman–Crippen MR) is 53.0 cm³/mol. The molecule has 1 spiro atoms. The second-order valence-corrected chi connectivity index (χ2v) is 4.80. The van der Waals surface area contributed by atoms with Crippen molar-refractivity contribution in [2.75, 3.05) is 13.6 Å². The molecule has 13 heavy (non-hydrogen) atoms. The Morgan fingerprint density at radius 1 is 1.69 bits per heavy atom. The number of thiophene rings is 1. The van der Waals surface area contributed by atoms with Gasteiger partial charge in [-0.05, 0) is 31.3 Å².